The first kappa shape index (κ1) is 18.5. The van der Waals surface area contributed by atoms with Gasteiger partial charge in [-0.15, -0.1) is 0 Å². The highest BCUT2D eigenvalue weighted by molar-refractivity contribution is 5.81. The molecule has 0 radical (unpaired) electrons. The number of hydrogen-bond donors (Lipinski definition) is 0. The van der Waals surface area contributed by atoms with E-state index in [1.807, 2.05) is 18.2 Å². The van der Waals surface area contributed by atoms with Crippen LogP contribution >= 0.6 is 0 Å². The van der Waals surface area contributed by atoms with E-state index in [0.29, 0.717) is 5.56 Å². The third-order valence-electron chi connectivity index (χ3n) is 4.70. The molecule has 0 aliphatic carbocycles. The minimum atomic E-state index is 0.275. The summed E-state index contributed by atoms with van der Waals surface area (Å²) in [6.45, 7) is 6.59. The molecule has 0 unspecified atom stereocenters. The zero-order valence-corrected chi connectivity index (χ0v) is 15.9. The van der Waals surface area contributed by atoms with Gasteiger partial charge in [0.15, 0.2) is 0 Å². The van der Waals surface area contributed by atoms with Crippen LogP contribution in [0.15, 0.2) is 59.8 Å². The standard InChI is InChI=1S/C23H23N3O/c1-4-19-9-11-23(12-10-19)26-17(2)13-22(18(26)3)15-25-27-16-21-8-6-5-7-20(21)14-24/h5-13,15H,4,16H2,1-3H3/b25-15-. The van der Waals surface area contributed by atoms with Gasteiger partial charge in [0.2, 0.25) is 0 Å². The van der Waals surface area contributed by atoms with Gasteiger partial charge in [-0.2, -0.15) is 5.26 Å². The topological polar surface area (TPSA) is 50.3 Å². The van der Waals surface area contributed by atoms with Gasteiger partial charge in [-0.3, -0.25) is 0 Å². The molecule has 0 spiro atoms. The molecular formula is C23H23N3O. The highest BCUT2D eigenvalue weighted by atomic mass is 16.6. The summed E-state index contributed by atoms with van der Waals surface area (Å²) in [4.78, 5) is 5.42. The molecule has 0 aliphatic rings. The van der Waals surface area contributed by atoms with Crippen LogP contribution in [0.2, 0.25) is 0 Å². The first-order valence-electron chi connectivity index (χ1n) is 9.05. The summed E-state index contributed by atoms with van der Waals surface area (Å²) in [5.41, 5.74) is 7.19. The van der Waals surface area contributed by atoms with Crippen LogP contribution in [0.4, 0.5) is 0 Å². The van der Waals surface area contributed by atoms with E-state index < -0.39 is 0 Å². The van der Waals surface area contributed by atoms with Crippen LogP contribution in [0.1, 0.15) is 40.6 Å². The molecule has 0 saturated heterocycles. The van der Waals surface area contributed by atoms with Crippen LogP contribution in [-0.2, 0) is 17.9 Å². The summed E-state index contributed by atoms with van der Waals surface area (Å²) < 4.78 is 2.21. The van der Waals surface area contributed by atoms with E-state index in [0.717, 1.165) is 34.6 Å². The lowest BCUT2D eigenvalue weighted by Gasteiger charge is -2.10. The SMILES string of the molecule is CCc1ccc(-n2c(C)cc(/C=N\OCc3ccccc3C#N)c2C)cc1. The summed E-state index contributed by atoms with van der Waals surface area (Å²) in [6, 6.07) is 20.3. The van der Waals surface area contributed by atoms with Gasteiger partial charge >= 0.3 is 0 Å². The fraction of sp³-hybridized carbons (Fsp3) is 0.217. The smallest absolute Gasteiger partial charge is 0.143 e. The molecule has 27 heavy (non-hydrogen) atoms. The van der Waals surface area contributed by atoms with Crippen molar-refractivity contribution in [3.8, 4) is 11.8 Å². The molecule has 0 amide bonds. The highest BCUT2D eigenvalue weighted by Crippen LogP contribution is 2.20. The van der Waals surface area contributed by atoms with E-state index in [2.05, 4.69) is 66.9 Å². The summed E-state index contributed by atoms with van der Waals surface area (Å²) >= 11 is 0. The van der Waals surface area contributed by atoms with Gasteiger partial charge in [0.1, 0.15) is 6.61 Å². The normalized spacial score (nSPS) is 10.9. The second-order valence-corrected chi connectivity index (χ2v) is 6.46. The number of hydrogen-bond acceptors (Lipinski definition) is 3. The Labute approximate surface area is 160 Å². The van der Waals surface area contributed by atoms with Crippen molar-refractivity contribution in [2.24, 2.45) is 5.16 Å². The molecule has 0 bridgehead atoms. The lowest BCUT2D eigenvalue weighted by Crippen LogP contribution is -2.00. The van der Waals surface area contributed by atoms with Gasteiger partial charge < -0.3 is 9.40 Å². The first-order valence-corrected chi connectivity index (χ1v) is 9.05. The fourth-order valence-electron chi connectivity index (χ4n) is 3.15. The molecule has 3 rings (SSSR count). The predicted octanol–water partition coefficient (Wildman–Crippen LogP) is 5.08. The maximum absolute atomic E-state index is 9.12. The largest absolute Gasteiger partial charge is 0.391 e. The lowest BCUT2D eigenvalue weighted by molar-refractivity contribution is 0.132. The maximum atomic E-state index is 9.12. The van der Waals surface area contributed by atoms with Gasteiger partial charge in [0, 0.05) is 28.2 Å². The molecular weight excluding hydrogens is 334 g/mol. The van der Waals surface area contributed by atoms with Crippen LogP contribution in [0, 0.1) is 25.2 Å². The van der Waals surface area contributed by atoms with E-state index in [4.69, 9.17) is 10.1 Å². The summed E-state index contributed by atoms with van der Waals surface area (Å²) in [5, 5.41) is 13.2. The third-order valence-corrected chi connectivity index (χ3v) is 4.70. The number of rotatable bonds is 6. The van der Waals surface area contributed by atoms with Crippen LogP contribution in [0.25, 0.3) is 5.69 Å². The number of oxime groups is 1. The van der Waals surface area contributed by atoms with Crippen molar-refractivity contribution >= 4 is 6.21 Å². The second-order valence-electron chi connectivity index (χ2n) is 6.46. The van der Waals surface area contributed by atoms with Crippen molar-refractivity contribution < 1.29 is 4.84 Å². The van der Waals surface area contributed by atoms with E-state index >= 15 is 0 Å². The molecule has 0 atom stereocenters. The van der Waals surface area contributed by atoms with Gasteiger partial charge in [0.05, 0.1) is 17.8 Å². The molecule has 1 heterocycles. The predicted molar refractivity (Wildman–Crippen MR) is 108 cm³/mol. The Balaban J connectivity index is 1.74. The molecule has 0 aliphatic heterocycles. The molecule has 4 heteroatoms. The maximum Gasteiger partial charge on any atom is 0.143 e. The minimum Gasteiger partial charge on any atom is -0.391 e. The Kier molecular flexibility index (Phi) is 5.73. The van der Waals surface area contributed by atoms with Crippen molar-refractivity contribution in [1.29, 1.82) is 5.26 Å². The van der Waals surface area contributed by atoms with E-state index in [1.165, 1.54) is 5.56 Å². The Morgan fingerprint density at radius 3 is 2.56 bits per heavy atom. The molecule has 136 valence electrons. The minimum absolute atomic E-state index is 0.275. The number of nitriles is 1. The van der Waals surface area contributed by atoms with Gasteiger partial charge in [-0.1, -0.05) is 42.4 Å². The molecule has 4 nitrogen and oxygen atoms in total. The first-order chi connectivity index (χ1) is 13.1. The highest BCUT2D eigenvalue weighted by Gasteiger charge is 2.09. The number of aromatic nitrogens is 1. The summed E-state index contributed by atoms with van der Waals surface area (Å²) in [6.07, 6.45) is 2.77. The van der Waals surface area contributed by atoms with Gasteiger partial charge in [0.25, 0.3) is 0 Å². The monoisotopic (exact) mass is 357 g/mol. The molecule has 3 aromatic rings. The Morgan fingerprint density at radius 2 is 1.85 bits per heavy atom. The fourth-order valence-corrected chi connectivity index (χ4v) is 3.15. The van der Waals surface area contributed by atoms with Crippen molar-refractivity contribution in [2.45, 2.75) is 33.8 Å². The van der Waals surface area contributed by atoms with E-state index in [-0.39, 0.29) is 6.61 Å². The van der Waals surface area contributed by atoms with Gasteiger partial charge in [-0.25, -0.2) is 0 Å². The van der Waals surface area contributed by atoms with Crippen molar-refractivity contribution in [3.05, 3.63) is 88.2 Å². The zero-order chi connectivity index (χ0) is 19.2. The Bertz CT molecular complexity index is 991. The van der Waals surface area contributed by atoms with Crippen molar-refractivity contribution in [1.82, 2.24) is 4.57 Å². The summed E-state index contributed by atoms with van der Waals surface area (Å²) in [5.74, 6) is 0. The second kappa shape index (κ2) is 8.37. The molecule has 0 fully saturated rings. The van der Waals surface area contributed by atoms with Gasteiger partial charge in [-0.05, 0) is 50.1 Å². The molecule has 0 N–H and O–H groups in total. The number of aryl methyl sites for hydroxylation is 2. The quantitative estimate of drug-likeness (QED) is 0.456. The zero-order valence-electron chi connectivity index (χ0n) is 15.9. The Hall–Kier alpha value is -3.32. The van der Waals surface area contributed by atoms with Crippen molar-refractivity contribution in [2.75, 3.05) is 0 Å². The Morgan fingerprint density at radius 1 is 1.11 bits per heavy atom. The lowest BCUT2D eigenvalue weighted by atomic mass is 10.1. The average Bonchev–Trinajstić information content (AvgIpc) is 2.99. The number of nitrogens with zero attached hydrogens (tertiary/aromatic N) is 3. The van der Waals surface area contributed by atoms with E-state index in [9.17, 15) is 0 Å². The van der Waals surface area contributed by atoms with Crippen LogP contribution < -0.4 is 0 Å². The number of benzene rings is 2. The summed E-state index contributed by atoms with van der Waals surface area (Å²) in [7, 11) is 0. The van der Waals surface area contributed by atoms with E-state index in [1.54, 1.807) is 12.3 Å². The van der Waals surface area contributed by atoms with Crippen LogP contribution in [-0.4, -0.2) is 10.8 Å². The molecule has 0 saturated carbocycles. The third kappa shape index (κ3) is 4.09. The van der Waals surface area contributed by atoms with Crippen LogP contribution in [0.5, 0.6) is 0 Å². The molecule has 2 aromatic carbocycles. The average molecular weight is 357 g/mol. The van der Waals surface area contributed by atoms with Crippen LogP contribution in [0.3, 0.4) is 0 Å². The van der Waals surface area contributed by atoms with Crippen molar-refractivity contribution in [3.63, 3.8) is 0 Å². The molecule has 1 aromatic heterocycles.